The molecule has 4 rings (SSSR count). The number of hydrogen-bond acceptors (Lipinski definition) is 2. The lowest BCUT2D eigenvalue weighted by molar-refractivity contribution is 0.215. The Bertz CT molecular complexity index is 1080. The van der Waals surface area contributed by atoms with Gasteiger partial charge in [-0.05, 0) is 36.3 Å². The smallest absolute Gasteiger partial charge is 0.306 e. The number of carbonyl (C=O) groups excluding carboxylic acids is 2. The minimum absolute atomic E-state index is 0.234. The summed E-state index contributed by atoms with van der Waals surface area (Å²) in [4.78, 5) is 30.1. The van der Waals surface area contributed by atoms with Crippen LogP contribution in [-0.2, 0) is 5.66 Å². The third-order valence-electron chi connectivity index (χ3n) is 5.20. The summed E-state index contributed by atoms with van der Waals surface area (Å²) < 4.78 is 0. The molecule has 156 valence electrons. The van der Waals surface area contributed by atoms with Crippen LogP contribution >= 0.6 is 0 Å². The van der Waals surface area contributed by atoms with E-state index in [1.165, 1.54) is 4.90 Å². The van der Waals surface area contributed by atoms with Gasteiger partial charge in [-0.3, -0.25) is 4.90 Å². The van der Waals surface area contributed by atoms with E-state index in [0.717, 1.165) is 5.56 Å². The molecule has 4 amide bonds. The summed E-state index contributed by atoms with van der Waals surface area (Å²) in [5.74, 6) is 0.234. The van der Waals surface area contributed by atoms with E-state index in [0.29, 0.717) is 11.4 Å². The molecular weight excluding hydrogens is 386 g/mol. The number of nitrogens with zero attached hydrogens (tertiary/aromatic N) is 2. The van der Waals surface area contributed by atoms with Crippen LogP contribution in [-0.4, -0.2) is 12.1 Å². The monoisotopic (exact) mass is 411 g/mol. The van der Waals surface area contributed by atoms with Crippen molar-refractivity contribution in [2.75, 3.05) is 9.80 Å². The molecule has 1 aliphatic rings. The Balaban J connectivity index is 1.95. The fraction of sp³-hybridized carbons (Fsp3) is 0.154. The Morgan fingerprint density at radius 3 is 1.84 bits per heavy atom. The lowest BCUT2D eigenvalue weighted by atomic mass is 9.93. The number of hydrogen-bond donors (Lipinski definition) is 1. The maximum atomic E-state index is 13.9. The summed E-state index contributed by atoms with van der Waals surface area (Å²) in [6.07, 6.45) is 3.92. The first-order valence-corrected chi connectivity index (χ1v) is 10.3. The predicted octanol–water partition coefficient (Wildman–Crippen LogP) is 5.91. The van der Waals surface area contributed by atoms with Crippen LogP contribution in [0.4, 0.5) is 21.0 Å². The Morgan fingerprint density at radius 2 is 1.29 bits per heavy atom. The zero-order valence-electron chi connectivity index (χ0n) is 17.6. The van der Waals surface area contributed by atoms with Crippen molar-refractivity contribution >= 4 is 23.4 Å². The summed E-state index contributed by atoms with van der Waals surface area (Å²) in [7, 11) is 0. The fourth-order valence-electron chi connectivity index (χ4n) is 3.75. The van der Waals surface area contributed by atoms with Crippen LogP contribution in [0.3, 0.4) is 0 Å². The maximum absolute atomic E-state index is 13.9. The van der Waals surface area contributed by atoms with Gasteiger partial charge in [0.25, 0.3) is 0 Å². The van der Waals surface area contributed by atoms with Crippen molar-refractivity contribution in [3.63, 3.8) is 0 Å². The van der Waals surface area contributed by atoms with E-state index >= 15 is 0 Å². The quantitative estimate of drug-likeness (QED) is 0.531. The largest absolute Gasteiger partial charge is 0.339 e. The average Bonchev–Trinajstić information content (AvgIpc) is 2.79. The summed E-state index contributed by atoms with van der Waals surface area (Å²) in [6, 6.07) is 27.1. The first-order valence-electron chi connectivity index (χ1n) is 10.3. The van der Waals surface area contributed by atoms with Gasteiger partial charge in [0.15, 0.2) is 5.66 Å². The van der Waals surface area contributed by atoms with Gasteiger partial charge in [0.2, 0.25) is 0 Å². The van der Waals surface area contributed by atoms with Crippen LogP contribution in [0.15, 0.2) is 103 Å². The molecule has 5 nitrogen and oxygen atoms in total. The highest BCUT2D eigenvalue weighted by Gasteiger charge is 2.50. The number of imide groups is 1. The molecule has 1 unspecified atom stereocenters. The van der Waals surface area contributed by atoms with Gasteiger partial charge in [-0.2, -0.15) is 0 Å². The standard InChI is InChI=1S/C26H25N3O2/c1-20(2)18-19-26(21-12-6-3-7-13-21)27-24(30)28(22-14-8-4-9-15-22)25(31)29(26)23-16-10-5-11-17-23/h3-20H,1-2H3,(H,27,30)/b19-18+. The van der Waals surface area contributed by atoms with Gasteiger partial charge in [0.1, 0.15) is 0 Å². The molecule has 0 bridgehead atoms. The number of nitrogens with one attached hydrogen (secondary N) is 1. The second-order valence-electron chi connectivity index (χ2n) is 7.79. The van der Waals surface area contributed by atoms with Gasteiger partial charge in [-0.15, -0.1) is 0 Å². The van der Waals surface area contributed by atoms with Crippen molar-refractivity contribution in [1.82, 2.24) is 5.32 Å². The molecule has 3 aromatic carbocycles. The first-order chi connectivity index (χ1) is 15.0. The van der Waals surface area contributed by atoms with E-state index in [-0.39, 0.29) is 5.92 Å². The number of amides is 4. The zero-order chi connectivity index (χ0) is 21.8. The summed E-state index contributed by atoms with van der Waals surface area (Å²) >= 11 is 0. The molecule has 1 aliphatic heterocycles. The van der Waals surface area contributed by atoms with E-state index in [4.69, 9.17) is 0 Å². The van der Waals surface area contributed by atoms with Gasteiger partial charge < -0.3 is 5.32 Å². The highest BCUT2D eigenvalue weighted by molar-refractivity contribution is 6.22. The van der Waals surface area contributed by atoms with E-state index in [1.54, 1.807) is 29.2 Å². The number of para-hydroxylation sites is 2. The van der Waals surface area contributed by atoms with Crippen molar-refractivity contribution in [2.24, 2.45) is 5.92 Å². The number of benzene rings is 3. The normalized spacial score (nSPS) is 19.2. The Kier molecular flexibility index (Phi) is 5.58. The molecule has 0 aliphatic carbocycles. The van der Waals surface area contributed by atoms with Crippen molar-refractivity contribution in [2.45, 2.75) is 19.5 Å². The molecule has 5 heteroatoms. The van der Waals surface area contributed by atoms with Gasteiger partial charge in [-0.1, -0.05) is 86.7 Å². The maximum Gasteiger partial charge on any atom is 0.339 e. The van der Waals surface area contributed by atoms with E-state index in [9.17, 15) is 9.59 Å². The second kappa shape index (κ2) is 8.48. The predicted molar refractivity (Wildman–Crippen MR) is 124 cm³/mol. The molecule has 1 heterocycles. The lowest BCUT2D eigenvalue weighted by Gasteiger charge is -2.48. The molecule has 0 saturated carbocycles. The van der Waals surface area contributed by atoms with Crippen LogP contribution < -0.4 is 15.1 Å². The van der Waals surface area contributed by atoms with Crippen molar-refractivity contribution in [3.8, 4) is 0 Å². The number of rotatable bonds is 5. The number of allylic oxidation sites excluding steroid dienone is 1. The molecular formula is C26H25N3O2. The minimum Gasteiger partial charge on any atom is -0.306 e. The fourth-order valence-corrected chi connectivity index (χ4v) is 3.75. The lowest BCUT2D eigenvalue weighted by Crippen LogP contribution is -2.70. The van der Waals surface area contributed by atoms with Gasteiger partial charge in [-0.25, -0.2) is 14.5 Å². The highest BCUT2D eigenvalue weighted by Crippen LogP contribution is 2.38. The molecule has 0 spiro atoms. The van der Waals surface area contributed by atoms with Crippen molar-refractivity contribution < 1.29 is 9.59 Å². The molecule has 1 atom stereocenters. The molecule has 31 heavy (non-hydrogen) atoms. The zero-order valence-corrected chi connectivity index (χ0v) is 17.6. The molecule has 3 aromatic rings. The number of anilines is 2. The Morgan fingerprint density at radius 1 is 0.774 bits per heavy atom. The molecule has 1 saturated heterocycles. The van der Waals surface area contributed by atoms with Gasteiger partial charge in [0, 0.05) is 11.3 Å². The second-order valence-corrected chi connectivity index (χ2v) is 7.79. The van der Waals surface area contributed by atoms with E-state index < -0.39 is 17.7 Å². The summed E-state index contributed by atoms with van der Waals surface area (Å²) in [5.41, 5.74) is 0.836. The van der Waals surface area contributed by atoms with E-state index in [1.807, 2.05) is 78.9 Å². The third kappa shape index (κ3) is 3.82. The topological polar surface area (TPSA) is 52.7 Å². The summed E-state index contributed by atoms with van der Waals surface area (Å²) in [5, 5.41) is 3.13. The number of urea groups is 2. The van der Waals surface area contributed by atoms with E-state index in [2.05, 4.69) is 19.2 Å². The molecule has 0 radical (unpaired) electrons. The van der Waals surface area contributed by atoms with Crippen LogP contribution in [0, 0.1) is 5.92 Å². The molecule has 0 aromatic heterocycles. The molecule has 1 N–H and O–H groups in total. The Labute approximate surface area is 182 Å². The first kappa shape index (κ1) is 20.4. The van der Waals surface area contributed by atoms with Gasteiger partial charge >= 0.3 is 12.1 Å². The SMILES string of the molecule is CC(C)/C=C/C1(c2ccccc2)NC(=O)N(c2ccccc2)C(=O)N1c1ccccc1. The third-order valence-corrected chi connectivity index (χ3v) is 5.20. The van der Waals surface area contributed by atoms with Crippen LogP contribution in [0.25, 0.3) is 0 Å². The number of carbonyl (C=O) groups is 2. The van der Waals surface area contributed by atoms with Crippen LogP contribution in [0.2, 0.25) is 0 Å². The summed E-state index contributed by atoms with van der Waals surface area (Å²) in [6.45, 7) is 4.12. The average molecular weight is 412 g/mol. The van der Waals surface area contributed by atoms with Crippen LogP contribution in [0.5, 0.6) is 0 Å². The Hall–Kier alpha value is -3.86. The molecule has 1 fully saturated rings. The minimum atomic E-state index is -1.16. The highest BCUT2D eigenvalue weighted by atomic mass is 16.2. The van der Waals surface area contributed by atoms with Crippen LogP contribution in [0.1, 0.15) is 19.4 Å². The van der Waals surface area contributed by atoms with Crippen molar-refractivity contribution in [3.05, 3.63) is 109 Å². The van der Waals surface area contributed by atoms with Crippen molar-refractivity contribution in [1.29, 1.82) is 0 Å². The van der Waals surface area contributed by atoms with Gasteiger partial charge in [0.05, 0.1) is 5.69 Å².